The van der Waals surface area contributed by atoms with E-state index >= 15 is 0 Å². The summed E-state index contributed by atoms with van der Waals surface area (Å²) in [7, 11) is 1.64. The summed E-state index contributed by atoms with van der Waals surface area (Å²) in [5.74, 6) is 0.710. The second-order valence-electron chi connectivity index (χ2n) is 8.29. The van der Waals surface area contributed by atoms with Gasteiger partial charge in [0.2, 0.25) is 5.91 Å². The van der Waals surface area contributed by atoms with Crippen LogP contribution in [0.1, 0.15) is 38.7 Å². The fraction of sp³-hybridized carbons (Fsp3) is 0.619. The fourth-order valence-electron chi connectivity index (χ4n) is 4.13. The third-order valence-electron chi connectivity index (χ3n) is 5.93. The van der Waals surface area contributed by atoms with Crippen molar-refractivity contribution >= 4 is 11.8 Å². The van der Waals surface area contributed by atoms with Gasteiger partial charge in [0.05, 0.1) is 7.11 Å². The summed E-state index contributed by atoms with van der Waals surface area (Å²) in [6, 6.07) is 7.81. The number of aliphatic hydroxyl groups excluding tert-OH is 1. The van der Waals surface area contributed by atoms with Crippen LogP contribution in [0, 0.1) is 11.3 Å². The molecule has 148 valence electrons. The van der Waals surface area contributed by atoms with E-state index in [0.717, 1.165) is 30.7 Å². The van der Waals surface area contributed by atoms with E-state index in [4.69, 9.17) is 4.74 Å². The number of amides is 2. The SMILES string of the molecule is COc1cccc(CN2CC3(CCN(C(=O)[C@@H](O)C(C)C)CC3)CC2=O)c1. The molecule has 1 aromatic carbocycles. The van der Waals surface area contributed by atoms with Crippen LogP contribution in [-0.4, -0.2) is 59.6 Å². The van der Waals surface area contributed by atoms with Crippen LogP contribution in [0.25, 0.3) is 0 Å². The minimum absolute atomic E-state index is 0.0461. The number of aliphatic hydroxyl groups is 1. The van der Waals surface area contributed by atoms with Crippen molar-refractivity contribution in [2.45, 2.75) is 45.8 Å². The zero-order valence-corrected chi connectivity index (χ0v) is 16.5. The molecule has 2 aliphatic heterocycles. The van der Waals surface area contributed by atoms with Crippen molar-refractivity contribution in [1.82, 2.24) is 9.80 Å². The highest BCUT2D eigenvalue weighted by Gasteiger charge is 2.45. The van der Waals surface area contributed by atoms with Gasteiger partial charge >= 0.3 is 0 Å². The molecule has 2 amide bonds. The Morgan fingerprint density at radius 2 is 2.00 bits per heavy atom. The Labute approximate surface area is 161 Å². The number of benzene rings is 1. The van der Waals surface area contributed by atoms with Crippen molar-refractivity contribution in [1.29, 1.82) is 0 Å². The molecule has 6 heteroatoms. The monoisotopic (exact) mass is 374 g/mol. The molecule has 6 nitrogen and oxygen atoms in total. The molecular weight excluding hydrogens is 344 g/mol. The van der Waals surface area contributed by atoms with Crippen LogP contribution in [0.3, 0.4) is 0 Å². The normalized spacial score (nSPS) is 20.4. The molecule has 0 bridgehead atoms. The average Bonchev–Trinajstić information content (AvgIpc) is 2.96. The first-order valence-corrected chi connectivity index (χ1v) is 9.71. The van der Waals surface area contributed by atoms with Crippen LogP contribution in [0.2, 0.25) is 0 Å². The first-order valence-electron chi connectivity index (χ1n) is 9.71. The highest BCUT2D eigenvalue weighted by Crippen LogP contribution is 2.41. The van der Waals surface area contributed by atoms with Crippen molar-refractivity contribution in [3.63, 3.8) is 0 Å². The molecule has 2 heterocycles. The predicted octanol–water partition coefficient (Wildman–Crippen LogP) is 2.05. The Balaban J connectivity index is 1.60. The number of hydrogen-bond acceptors (Lipinski definition) is 4. The Morgan fingerprint density at radius 1 is 1.30 bits per heavy atom. The number of hydrogen-bond donors (Lipinski definition) is 1. The molecule has 3 rings (SSSR count). The Morgan fingerprint density at radius 3 is 2.63 bits per heavy atom. The van der Waals surface area contributed by atoms with E-state index in [1.807, 2.05) is 43.0 Å². The third-order valence-corrected chi connectivity index (χ3v) is 5.93. The summed E-state index contributed by atoms with van der Waals surface area (Å²) >= 11 is 0. The van der Waals surface area contributed by atoms with E-state index in [2.05, 4.69) is 0 Å². The minimum atomic E-state index is -0.936. The lowest BCUT2D eigenvalue weighted by Crippen LogP contribution is -2.48. The van der Waals surface area contributed by atoms with Gasteiger partial charge in [0.25, 0.3) is 5.91 Å². The quantitative estimate of drug-likeness (QED) is 0.856. The van der Waals surface area contributed by atoms with E-state index in [1.54, 1.807) is 12.0 Å². The van der Waals surface area contributed by atoms with Gasteiger partial charge in [-0.1, -0.05) is 26.0 Å². The van der Waals surface area contributed by atoms with Crippen LogP contribution < -0.4 is 4.74 Å². The lowest BCUT2D eigenvalue weighted by atomic mass is 9.77. The predicted molar refractivity (Wildman–Crippen MR) is 102 cm³/mol. The van der Waals surface area contributed by atoms with Crippen molar-refractivity contribution in [3.8, 4) is 5.75 Å². The maximum absolute atomic E-state index is 12.6. The van der Waals surface area contributed by atoms with Crippen molar-refractivity contribution < 1.29 is 19.4 Å². The highest BCUT2D eigenvalue weighted by molar-refractivity contribution is 5.81. The third kappa shape index (κ3) is 4.26. The molecule has 0 aliphatic carbocycles. The van der Waals surface area contributed by atoms with Gasteiger partial charge in [-0.15, -0.1) is 0 Å². The Hall–Kier alpha value is -2.08. The maximum Gasteiger partial charge on any atom is 0.251 e. The lowest BCUT2D eigenvalue weighted by Gasteiger charge is -2.39. The van der Waals surface area contributed by atoms with Crippen molar-refractivity contribution in [2.75, 3.05) is 26.7 Å². The van der Waals surface area contributed by atoms with E-state index in [1.165, 1.54) is 0 Å². The molecule has 1 atom stereocenters. The molecule has 0 unspecified atom stereocenters. The van der Waals surface area contributed by atoms with Gasteiger partial charge < -0.3 is 19.6 Å². The van der Waals surface area contributed by atoms with Gasteiger partial charge in [-0.25, -0.2) is 0 Å². The average molecular weight is 374 g/mol. The van der Waals surface area contributed by atoms with Crippen LogP contribution >= 0.6 is 0 Å². The first kappa shape index (κ1) is 19.7. The van der Waals surface area contributed by atoms with Gasteiger partial charge in [0, 0.05) is 38.0 Å². The molecule has 27 heavy (non-hydrogen) atoms. The second kappa shape index (κ2) is 7.89. The minimum Gasteiger partial charge on any atom is -0.497 e. The summed E-state index contributed by atoms with van der Waals surface area (Å²) < 4.78 is 5.26. The summed E-state index contributed by atoms with van der Waals surface area (Å²) in [5, 5.41) is 10.0. The van der Waals surface area contributed by atoms with Gasteiger partial charge in [0.1, 0.15) is 11.9 Å². The summed E-state index contributed by atoms with van der Waals surface area (Å²) in [6.07, 6.45) is 1.23. The van der Waals surface area contributed by atoms with Crippen molar-refractivity contribution in [2.24, 2.45) is 11.3 Å². The summed E-state index contributed by atoms with van der Waals surface area (Å²) in [5.41, 5.74) is 1.02. The Bertz CT molecular complexity index is 695. The van der Waals surface area contributed by atoms with Crippen LogP contribution in [0.15, 0.2) is 24.3 Å². The topological polar surface area (TPSA) is 70.1 Å². The first-order chi connectivity index (χ1) is 12.8. The fourth-order valence-corrected chi connectivity index (χ4v) is 4.13. The number of rotatable bonds is 5. The lowest BCUT2D eigenvalue weighted by molar-refractivity contribution is -0.144. The van der Waals surface area contributed by atoms with E-state index in [0.29, 0.717) is 26.1 Å². The molecule has 2 fully saturated rings. The number of carbonyl (C=O) groups excluding carboxylic acids is 2. The molecular formula is C21H30N2O4. The van der Waals surface area contributed by atoms with E-state index in [-0.39, 0.29) is 23.1 Å². The smallest absolute Gasteiger partial charge is 0.251 e. The molecule has 1 spiro atoms. The largest absolute Gasteiger partial charge is 0.497 e. The number of carbonyl (C=O) groups is 2. The summed E-state index contributed by atoms with van der Waals surface area (Å²) in [4.78, 5) is 28.6. The highest BCUT2D eigenvalue weighted by atomic mass is 16.5. The molecule has 2 aliphatic rings. The Kier molecular flexibility index (Phi) is 5.75. The number of ether oxygens (including phenoxy) is 1. The zero-order chi connectivity index (χ0) is 19.6. The maximum atomic E-state index is 12.6. The summed E-state index contributed by atoms with van der Waals surface area (Å²) in [6.45, 7) is 6.25. The zero-order valence-electron chi connectivity index (χ0n) is 16.5. The van der Waals surface area contributed by atoms with E-state index < -0.39 is 6.10 Å². The molecule has 0 aromatic heterocycles. The molecule has 1 N–H and O–H groups in total. The molecule has 0 saturated carbocycles. The van der Waals surface area contributed by atoms with Crippen LogP contribution in [-0.2, 0) is 16.1 Å². The van der Waals surface area contributed by atoms with Gasteiger partial charge in [-0.2, -0.15) is 0 Å². The standard InChI is InChI=1S/C21H30N2O4/c1-15(2)19(25)20(26)22-9-7-21(8-10-22)12-18(24)23(14-21)13-16-5-4-6-17(11-16)27-3/h4-6,11,15,19,25H,7-10,12-14H2,1-3H3/t19-/m0/s1. The van der Waals surface area contributed by atoms with Gasteiger partial charge in [-0.3, -0.25) is 9.59 Å². The van der Waals surface area contributed by atoms with Crippen molar-refractivity contribution in [3.05, 3.63) is 29.8 Å². The van der Waals surface area contributed by atoms with Crippen LogP contribution in [0.4, 0.5) is 0 Å². The molecule has 2 saturated heterocycles. The number of likely N-dealkylation sites (tertiary alicyclic amines) is 2. The number of piperidine rings is 1. The van der Waals surface area contributed by atoms with Gasteiger partial charge in [-0.05, 0) is 36.5 Å². The van der Waals surface area contributed by atoms with E-state index in [9.17, 15) is 14.7 Å². The second-order valence-corrected chi connectivity index (χ2v) is 8.29. The molecule has 1 aromatic rings. The van der Waals surface area contributed by atoms with Gasteiger partial charge in [0.15, 0.2) is 0 Å². The molecule has 0 radical (unpaired) electrons. The number of nitrogens with zero attached hydrogens (tertiary/aromatic N) is 2. The number of methoxy groups -OCH3 is 1. The van der Waals surface area contributed by atoms with Crippen LogP contribution in [0.5, 0.6) is 5.75 Å².